The van der Waals surface area contributed by atoms with Crippen LogP contribution in [0.3, 0.4) is 0 Å². The minimum atomic E-state index is -0.209. The van der Waals surface area contributed by atoms with Crippen LogP contribution in [-0.4, -0.2) is 32.8 Å². The second kappa shape index (κ2) is 6.98. The Kier molecular flexibility index (Phi) is 4.39. The van der Waals surface area contributed by atoms with Crippen LogP contribution in [0.4, 0.5) is 0 Å². The SMILES string of the molecule is O=C(NC1=NCCS1)c1ccccc1OCc1cn2ccccc2n1. The van der Waals surface area contributed by atoms with E-state index in [1.54, 1.807) is 23.9 Å². The van der Waals surface area contributed by atoms with Gasteiger partial charge < -0.3 is 14.5 Å². The molecule has 0 fully saturated rings. The predicted molar refractivity (Wildman–Crippen MR) is 98.2 cm³/mol. The lowest BCUT2D eigenvalue weighted by Crippen LogP contribution is -2.27. The summed E-state index contributed by atoms with van der Waals surface area (Å²) in [5.74, 6) is 1.22. The fraction of sp³-hybridized carbons (Fsp3) is 0.167. The van der Waals surface area contributed by atoms with Crippen LogP contribution in [0.5, 0.6) is 5.75 Å². The number of benzene rings is 1. The van der Waals surface area contributed by atoms with Crippen LogP contribution in [0.25, 0.3) is 5.65 Å². The highest BCUT2D eigenvalue weighted by Crippen LogP contribution is 2.20. The van der Waals surface area contributed by atoms with Crippen molar-refractivity contribution in [3.63, 3.8) is 0 Å². The Balaban J connectivity index is 1.49. The van der Waals surface area contributed by atoms with Crippen LogP contribution in [0, 0.1) is 0 Å². The molecule has 0 saturated carbocycles. The lowest BCUT2D eigenvalue weighted by atomic mass is 10.2. The van der Waals surface area contributed by atoms with Gasteiger partial charge in [-0.25, -0.2) is 4.98 Å². The fourth-order valence-corrected chi connectivity index (χ4v) is 3.29. The van der Waals surface area contributed by atoms with Gasteiger partial charge in [-0.05, 0) is 24.3 Å². The number of carbonyl (C=O) groups is 1. The smallest absolute Gasteiger partial charge is 0.260 e. The number of para-hydroxylation sites is 1. The second-order valence-corrected chi connectivity index (χ2v) is 6.56. The number of amides is 1. The maximum Gasteiger partial charge on any atom is 0.260 e. The summed E-state index contributed by atoms with van der Waals surface area (Å²) in [5, 5.41) is 3.50. The molecular formula is C18H16N4O2S. The van der Waals surface area contributed by atoms with E-state index in [0.29, 0.717) is 23.1 Å². The lowest BCUT2D eigenvalue weighted by molar-refractivity contribution is 0.0973. The zero-order valence-electron chi connectivity index (χ0n) is 13.4. The predicted octanol–water partition coefficient (Wildman–Crippen LogP) is 2.75. The molecule has 6 nitrogen and oxygen atoms in total. The van der Waals surface area contributed by atoms with Gasteiger partial charge >= 0.3 is 0 Å². The fourth-order valence-electron chi connectivity index (χ4n) is 2.56. The molecule has 2 aromatic heterocycles. The van der Waals surface area contributed by atoms with Crippen molar-refractivity contribution in [2.75, 3.05) is 12.3 Å². The van der Waals surface area contributed by atoms with E-state index in [4.69, 9.17) is 4.74 Å². The van der Waals surface area contributed by atoms with Gasteiger partial charge in [-0.3, -0.25) is 9.79 Å². The summed E-state index contributed by atoms with van der Waals surface area (Å²) < 4.78 is 7.79. The van der Waals surface area contributed by atoms with Gasteiger partial charge in [0.1, 0.15) is 18.0 Å². The third-order valence-electron chi connectivity index (χ3n) is 3.73. The number of nitrogens with zero attached hydrogens (tertiary/aromatic N) is 3. The first-order chi connectivity index (χ1) is 12.3. The highest BCUT2D eigenvalue weighted by molar-refractivity contribution is 8.14. The quantitative estimate of drug-likeness (QED) is 0.784. The molecule has 1 aliphatic heterocycles. The summed E-state index contributed by atoms with van der Waals surface area (Å²) in [5.41, 5.74) is 2.15. The highest BCUT2D eigenvalue weighted by Gasteiger charge is 2.16. The Morgan fingerprint density at radius 3 is 2.96 bits per heavy atom. The molecule has 1 amide bonds. The van der Waals surface area contributed by atoms with Crippen molar-refractivity contribution < 1.29 is 9.53 Å². The average Bonchev–Trinajstić information content (AvgIpc) is 3.29. The van der Waals surface area contributed by atoms with Gasteiger partial charge in [0.25, 0.3) is 5.91 Å². The van der Waals surface area contributed by atoms with Gasteiger partial charge in [0.2, 0.25) is 0 Å². The van der Waals surface area contributed by atoms with Crippen molar-refractivity contribution in [1.29, 1.82) is 0 Å². The van der Waals surface area contributed by atoms with Crippen molar-refractivity contribution in [1.82, 2.24) is 14.7 Å². The van der Waals surface area contributed by atoms with Crippen LogP contribution < -0.4 is 10.1 Å². The summed E-state index contributed by atoms with van der Waals surface area (Å²) in [6.07, 6.45) is 3.86. The summed E-state index contributed by atoms with van der Waals surface area (Å²) in [4.78, 5) is 21.2. The summed E-state index contributed by atoms with van der Waals surface area (Å²) in [7, 11) is 0. The third kappa shape index (κ3) is 3.51. The van der Waals surface area contributed by atoms with Gasteiger partial charge in [-0.15, -0.1) is 0 Å². The number of rotatable bonds is 4. The summed E-state index contributed by atoms with van der Waals surface area (Å²) in [6, 6.07) is 13.0. The molecular weight excluding hydrogens is 336 g/mol. The molecule has 0 spiro atoms. The normalized spacial score (nSPS) is 13.7. The number of amidine groups is 1. The molecule has 0 aliphatic carbocycles. The van der Waals surface area contributed by atoms with Crippen LogP contribution in [0.2, 0.25) is 0 Å². The number of imidazole rings is 1. The molecule has 1 aliphatic rings. The number of pyridine rings is 1. The van der Waals surface area contributed by atoms with E-state index in [9.17, 15) is 4.79 Å². The maximum absolute atomic E-state index is 12.5. The van der Waals surface area contributed by atoms with E-state index in [0.717, 1.165) is 23.6 Å². The number of carbonyl (C=O) groups excluding carboxylic acids is 1. The standard InChI is InChI=1S/C18H16N4O2S/c23-17(21-18-19-8-10-25-18)14-5-1-2-6-15(14)24-12-13-11-22-9-4-3-7-16(22)20-13/h1-7,9,11H,8,10,12H2,(H,19,21,23). The zero-order chi connectivity index (χ0) is 17.1. The molecule has 0 atom stereocenters. The second-order valence-electron chi connectivity index (χ2n) is 5.47. The van der Waals surface area contributed by atoms with E-state index >= 15 is 0 Å². The Morgan fingerprint density at radius 1 is 1.24 bits per heavy atom. The van der Waals surface area contributed by atoms with Gasteiger partial charge in [-0.2, -0.15) is 0 Å². The first-order valence-electron chi connectivity index (χ1n) is 7.93. The van der Waals surface area contributed by atoms with Crippen molar-refractivity contribution in [2.45, 2.75) is 6.61 Å². The first kappa shape index (κ1) is 15.7. The van der Waals surface area contributed by atoms with E-state index in [2.05, 4.69) is 15.3 Å². The number of fused-ring (bicyclic) bond motifs is 1. The third-order valence-corrected chi connectivity index (χ3v) is 4.62. The topological polar surface area (TPSA) is 68.0 Å². The molecule has 1 N–H and O–H groups in total. The van der Waals surface area contributed by atoms with Crippen molar-refractivity contribution >= 4 is 28.5 Å². The number of thioether (sulfide) groups is 1. The largest absolute Gasteiger partial charge is 0.486 e. The molecule has 0 saturated heterocycles. The monoisotopic (exact) mass is 352 g/mol. The minimum absolute atomic E-state index is 0.209. The van der Waals surface area contributed by atoms with E-state index in [1.165, 1.54) is 0 Å². The van der Waals surface area contributed by atoms with Crippen LogP contribution in [-0.2, 0) is 6.61 Å². The summed E-state index contributed by atoms with van der Waals surface area (Å²) >= 11 is 1.55. The van der Waals surface area contributed by atoms with Gasteiger partial charge in [-0.1, -0.05) is 30.0 Å². The number of nitrogens with one attached hydrogen (secondary N) is 1. The Hall–Kier alpha value is -2.80. The first-order valence-corrected chi connectivity index (χ1v) is 8.91. The minimum Gasteiger partial charge on any atom is -0.486 e. The molecule has 126 valence electrons. The van der Waals surface area contributed by atoms with Crippen molar-refractivity contribution in [2.24, 2.45) is 4.99 Å². The Morgan fingerprint density at radius 2 is 2.12 bits per heavy atom. The number of hydrogen-bond acceptors (Lipinski definition) is 5. The van der Waals surface area contributed by atoms with Crippen molar-refractivity contribution in [3.05, 3.63) is 66.1 Å². The molecule has 3 heterocycles. The zero-order valence-corrected chi connectivity index (χ0v) is 14.2. The summed E-state index contributed by atoms with van der Waals surface area (Å²) in [6.45, 7) is 1.04. The average molecular weight is 352 g/mol. The van der Waals surface area contributed by atoms with Crippen LogP contribution >= 0.6 is 11.8 Å². The molecule has 7 heteroatoms. The number of hydrogen-bond donors (Lipinski definition) is 1. The molecule has 0 unspecified atom stereocenters. The molecule has 25 heavy (non-hydrogen) atoms. The van der Waals surface area contributed by atoms with E-state index in [-0.39, 0.29) is 5.91 Å². The van der Waals surface area contributed by atoms with Crippen LogP contribution in [0.1, 0.15) is 16.1 Å². The van der Waals surface area contributed by atoms with E-state index in [1.807, 2.05) is 47.1 Å². The Bertz CT molecular complexity index is 918. The highest BCUT2D eigenvalue weighted by atomic mass is 32.2. The number of aromatic nitrogens is 2. The van der Waals surface area contributed by atoms with Gasteiger partial charge in [0, 0.05) is 18.1 Å². The van der Waals surface area contributed by atoms with Crippen LogP contribution in [0.15, 0.2) is 59.9 Å². The number of ether oxygens (including phenoxy) is 1. The molecule has 4 rings (SSSR count). The molecule has 0 bridgehead atoms. The lowest BCUT2D eigenvalue weighted by Gasteiger charge is -2.10. The van der Waals surface area contributed by atoms with Crippen molar-refractivity contribution in [3.8, 4) is 5.75 Å². The maximum atomic E-state index is 12.5. The van der Waals surface area contributed by atoms with Gasteiger partial charge in [0.05, 0.1) is 17.8 Å². The molecule has 0 radical (unpaired) electrons. The molecule has 3 aromatic rings. The molecule has 1 aromatic carbocycles. The Labute approximate surface area is 148 Å². The van der Waals surface area contributed by atoms with E-state index < -0.39 is 0 Å². The van der Waals surface area contributed by atoms with Gasteiger partial charge in [0.15, 0.2) is 5.17 Å². The number of aliphatic imine (C=N–C) groups is 1.